The number of nitriles is 1. The number of rotatable bonds is 4. The Morgan fingerprint density at radius 3 is 2.96 bits per heavy atom. The van der Waals surface area contributed by atoms with E-state index in [4.69, 9.17) is 9.68 Å². The van der Waals surface area contributed by atoms with E-state index < -0.39 is 0 Å². The van der Waals surface area contributed by atoms with Gasteiger partial charge >= 0.3 is 0 Å². The van der Waals surface area contributed by atoms with E-state index in [-0.39, 0.29) is 11.9 Å². The van der Waals surface area contributed by atoms with Crippen molar-refractivity contribution in [2.45, 2.75) is 26.4 Å². The minimum Gasteiger partial charge on any atom is -0.447 e. The molecule has 6 heteroatoms. The van der Waals surface area contributed by atoms with Crippen molar-refractivity contribution in [2.24, 2.45) is 0 Å². The van der Waals surface area contributed by atoms with Gasteiger partial charge in [0.05, 0.1) is 23.8 Å². The molecule has 0 saturated heterocycles. The quantitative estimate of drug-likeness (QED) is 0.802. The fraction of sp³-hybridized carbons (Fsp3) is 0.235. The molecule has 2 aromatic heterocycles. The van der Waals surface area contributed by atoms with Crippen LogP contribution in [0.15, 0.2) is 41.3 Å². The second kappa shape index (κ2) is 5.97. The highest BCUT2D eigenvalue weighted by Gasteiger charge is 2.22. The Kier molecular flexibility index (Phi) is 3.85. The number of fused-ring (bicyclic) bond motifs is 1. The molecule has 1 N–H and O–H groups in total. The number of oxazole rings is 1. The zero-order valence-corrected chi connectivity index (χ0v) is 12.9. The molecule has 23 heavy (non-hydrogen) atoms. The maximum Gasteiger partial charge on any atom is 0.270 e. The second-order valence-corrected chi connectivity index (χ2v) is 5.56. The molecule has 0 spiro atoms. The first-order valence-electron chi connectivity index (χ1n) is 7.30. The van der Waals surface area contributed by atoms with Gasteiger partial charge in [-0.2, -0.15) is 5.26 Å². The highest BCUT2D eigenvalue weighted by Crippen LogP contribution is 2.21. The lowest BCUT2D eigenvalue weighted by Crippen LogP contribution is -2.36. The molecule has 116 valence electrons. The third-order valence-electron chi connectivity index (χ3n) is 3.70. The van der Waals surface area contributed by atoms with E-state index in [0.29, 0.717) is 29.1 Å². The first-order chi connectivity index (χ1) is 11.1. The van der Waals surface area contributed by atoms with Gasteiger partial charge in [-0.15, -0.1) is 0 Å². The van der Waals surface area contributed by atoms with Crippen molar-refractivity contribution in [3.8, 4) is 6.07 Å². The number of nitrogens with zero attached hydrogens (tertiary/aromatic N) is 3. The monoisotopic (exact) mass is 308 g/mol. The summed E-state index contributed by atoms with van der Waals surface area (Å²) in [4.78, 5) is 21.5. The highest BCUT2D eigenvalue weighted by atomic mass is 16.3. The van der Waals surface area contributed by atoms with Crippen molar-refractivity contribution in [1.82, 2.24) is 14.9 Å². The molecular formula is C17H16N4O2. The summed E-state index contributed by atoms with van der Waals surface area (Å²) in [6.07, 6.45) is 2.95. The lowest BCUT2D eigenvalue weighted by Gasteiger charge is -2.25. The molecule has 0 unspecified atom stereocenters. The van der Waals surface area contributed by atoms with Crippen LogP contribution in [-0.4, -0.2) is 26.8 Å². The Morgan fingerprint density at radius 2 is 2.30 bits per heavy atom. The molecular weight excluding hydrogens is 292 g/mol. The van der Waals surface area contributed by atoms with Crippen LogP contribution in [0, 0.1) is 11.3 Å². The number of carbonyl (C=O) groups is 1. The molecule has 0 radical (unpaired) electrons. The average molecular weight is 308 g/mol. The third kappa shape index (κ3) is 2.81. The van der Waals surface area contributed by atoms with Gasteiger partial charge < -0.3 is 14.3 Å². The molecule has 0 saturated carbocycles. The minimum atomic E-state index is -0.142. The number of amides is 1. The van der Waals surface area contributed by atoms with Gasteiger partial charge in [0, 0.05) is 11.4 Å². The SMILES string of the molecule is CC(C)N(Cc1cnco1)C(=O)c1cc2cccc(C#N)c2[nH]1. The summed E-state index contributed by atoms with van der Waals surface area (Å²) in [6, 6.07) is 9.30. The van der Waals surface area contributed by atoms with Crippen LogP contribution in [0.4, 0.5) is 0 Å². The molecule has 6 nitrogen and oxygen atoms in total. The van der Waals surface area contributed by atoms with Crippen LogP contribution in [0.25, 0.3) is 10.9 Å². The number of H-pyrrole nitrogens is 1. The summed E-state index contributed by atoms with van der Waals surface area (Å²) in [6.45, 7) is 4.23. The number of carbonyl (C=O) groups excluding carboxylic acids is 1. The Bertz CT molecular complexity index is 872. The number of benzene rings is 1. The van der Waals surface area contributed by atoms with E-state index in [1.165, 1.54) is 6.39 Å². The highest BCUT2D eigenvalue weighted by molar-refractivity contribution is 5.99. The van der Waals surface area contributed by atoms with E-state index in [9.17, 15) is 4.79 Å². The van der Waals surface area contributed by atoms with E-state index in [2.05, 4.69) is 16.0 Å². The molecule has 1 amide bonds. The van der Waals surface area contributed by atoms with Crippen molar-refractivity contribution in [3.05, 3.63) is 53.9 Å². The van der Waals surface area contributed by atoms with Gasteiger partial charge in [-0.1, -0.05) is 12.1 Å². The predicted octanol–water partition coefficient (Wildman–Crippen LogP) is 3.08. The standard InChI is InChI=1S/C17H16N4O2/c1-11(2)21(9-14-8-19-10-23-14)17(22)15-6-12-4-3-5-13(7-18)16(12)20-15/h3-6,8,10-11,20H,9H2,1-2H3. The van der Waals surface area contributed by atoms with Crippen molar-refractivity contribution < 1.29 is 9.21 Å². The van der Waals surface area contributed by atoms with Gasteiger partial charge in [-0.3, -0.25) is 4.79 Å². The third-order valence-corrected chi connectivity index (χ3v) is 3.70. The molecule has 1 aromatic carbocycles. The van der Waals surface area contributed by atoms with Gasteiger partial charge in [0.2, 0.25) is 0 Å². The van der Waals surface area contributed by atoms with E-state index in [0.717, 1.165) is 5.39 Å². The van der Waals surface area contributed by atoms with Crippen LogP contribution in [0.5, 0.6) is 0 Å². The average Bonchev–Trinajstić information content (AvgIpc) is 3.20. The molecule has 0 fully saturated rings. The molecule has 2 heterocycles. The van der Waals surface area contributed by atoms with Crippen LogP contribution >= 0.6 is 0 Å². The predicted molar refractivity (Wildman–Crippen MR) is 84.5 cm³/mol. The fourth-order valence-electron chi connectivity index (χ4n) is 2.50. The zero-order chi connectivity index (χ0) is 16.4. The van der Waals surface area contributed by atoms with Crippen LogP contribution in [-0.2, 0) is 6.54 Å². The number of aromatic nitrogens is 2. The number of aromatic amines is 1. The molecule has 0 aliphatic carbocycles. The Hall–Kier alpha value is -3.07. The largest absolute Gasteiger partial charge is 0.447 e. The van der Waals surface area contributed by atoms with Crippen molar-refractivity contribution in [3.63, 3.8) is 0 Å². The Balaban J connectivity index is 1.95. The summed E-state index contributed by atoms with van der Waals surface area (Å²) in [5, 5.41) is 10.0. The van der Waals surface area contributed by atoms with E-state index in [1.807, 2.05) is 19.9 Å². The van der Waals surface area contributed by atoms with Crippen LogP contribution in [0.1, 0.15) is 35.7 Å². The van der Waals surface area contributed by atoms with Crippen LogP contribution in [0.2, 0.25) is 0 Å². The van der Waals surface area contributed by atoms with Crippen molar-refractivity contribution >= 4 is 16.8 Å². The maximum absolute atomic E-state index is 12.8. The maximum atomic E-state index is 12.8. The van der Waals surface area contributed by atoms with Crippen molar-refractivity contribution in [2.75, 3.05) is 0 Å². The van der Waals surface area contributed by atoms with Gasteiger partial charge in [0.1, 0.15) is 17.5 Å². The fourth-order valence-corrected chi connectivity index (χ4v) is 2.50. The minimum absolute atomic E-state index is 0.00514. The normalized spacial score (nSPS) is 10.9. The van der Waals surface area contributed by atoms with Crippen LogP contribution < -0.4 is 0 Å². The molecule has 0 atom stereocenters. The lowest BCUT2D eigenvalue weighted by atomic mass is 10.1. The molecule has 0 aliphatic rings. The number of hydrogen-bond donors (Lipinski definition) is 1. The summed E-state index contributed by atoms with van der Waals surface area (Å²) < 4.78 is 5.24. The topological polar surface area (TPSA) is 85.9 Å². The molecule has 0 aliphatic heterocycles. The number of nitrogens with one attached hydrogen (secondary N) is 1. The number of hydrogen-bond acceptors (Lipinski definition) is 4. The van der Waals surface area contributed by atoms with Gasteiger partial charge in [0.15, 0.2) is 6.39 Å². The Morgan fingerprint density at radius 1 is 1.48 bits per heavy atom. The smallest absolute Gasteiger partial charge is 0.270 e. The summed E-state index contributed by atoms with van der Waals surface area (Å²) in [5.74, 6) is 0.484. The van der Waals surface area contributed by atoms with Gasteiger partial charge in [-0.25, -0.2) is 4.98 Å². The Labute approximate surface area is 133 Å². The van der Waals surface area contributed by atoms with Crippen molar-refractivity contribution in [1.29, 1.82) is 5.26 Å². The first-order valence-corrected chi connectivity index (χ1v) is 7.30. The first kappa shape index (κ1) is 14.9. The summed E-state index contributed by atoms with van der Waals surface area (Å²) in [5.41, 5.74) is 1.66. The van der Waals surface area contributed by atoms with E-state index in [1.54, 1.807) is 29.3 Å². The van der Waals surface area contributed by atoms with Gasteiger partial charge in [0.25, 0.3) is 5.91 Å². The molecule has 0 bridgehead atoms. The zero-order valence-electron chi connectivity index (χ0n) is 12.9. The molecule has 3 aromatic rings. The van der Waals surface area contributed by atoms with E-state index >= 15 is 0 Å². The summed E-state index contributed by atoms with van der Waals surface area (Å²) >= 11 is 0. The second-order valence-electron chi connectivity index (χ2n) is 5.56. The molecule has 3 rings (SSSR count). The number of para-hydroxylation sites is 1. The van der Waals surface area contributed by atoms with Gasteiger partial charge in [-0.05, 0) is 26.0 Å². The van der Waals surface area contributed by atoms with Crippen LogP contribution in [0.3, 0.4) is 0 Å². The summed E-state index contributed by atoms with van der Waals surface area (Å²) in [7, 11) is 0. The lowest BCUT2D eigenvalue weighted by molar-refractivity contribution is 0.0671.